The fourth-order valence-corrected chi connectivity index (χ4v) is 1.58. The second kappa shape index (κ2) is 5.27. The second-order valence-corrected chi connectivity index (χ2v) is 4.39. The number of hydrogen-bond donors (Lipinski definition) is 1. The number of nitrogens with two attached hydrogens (primary N) is 1. The van der Waals surface area contributed by atoms with Gasteiger partial charge in [-0.05, 0) is 30.5 Å². The zero-order valence-corrected chi connectivity index (χ0v) is 10.6. The summed E-state index contributed by atoms with van der Waals surface area (Å²) in [4.78, 5) is 11.9. The Morgan fingerprint density at radius 3 is 2.35 bits per heavy atom. The van der Waals surface area contributed by atoms with E-state index in [-0.39, 0.29) is 23.0 Å². The molecule has 1 atom stereocenters. The van der Waals surface area contributed by atoms with Crippen LogP contribution in [0.2, 0.25) is 0 Å². The van der Waals surface area contributed by atoms with E-state index in [1.165, 1.54) is 13.2 Å². The predicted octanol–water partition coefficient (Wildman–Crippen LogP) is 2.49. The molecule has 0 aromatic heterocycles. The molecule has 0 spiro atoms. The van der Waals surface area contributed by atoms with Crippen LogP contribution in [0.15, 0.2) is 12.1 Å². The molecule has 0 aliphatic rings. The van der Waals surface area contributed by atoms with Crippen LogP contribution in [0.25, 0.3) is 0 Å². The Balaban J connectivity index is 3.39. The number of carbonyl (C=O) groups excluding carboxylic acids is 1. The molecule has 1 aromatic carbocycles. The lowest BCUT2D eigenvalue weighted by molar-refractivity contribution is 0.0964. The fraction of sp³-hybridized carbons (Fsp3) is 0.462. The van der Waals surface area contributed by atoms with Crippen molar-refractivity contribution in [1.29, 1.82) is 0 Å². The molecule has 94 valence electrons. The second-order valence-electron chi connectivity index (χ2n) is 4.39. The molecule has 17 heavy (non-hydrogen) atoms. The topological polar surface area (TPSA) is 52.3 Å². The van der Waals surface area contributed by atoms with Gasteiger partial charge in [0, 0.05) is 0 Å². The van der Waals surface area contributed by atoms with Crippen molar-refractivity contribution in [3.05, 3.63) is 29.1 Å². The maximum atomic E-state index is 13.8. The average Bonchev–Trinajstić information content (AvgIpc) is 2.26. The van der Waals surface area contributed by atoms with Gasteiger partial charge < -0.3 is 10.5 Å². The summed E-state index contributed by atoms with van der Waals surface area (Å²) in [6.45, 7) is 5.44. The van der Waals surface area contributed by atoms with Crippen molar-refractivity contribution < 1.29 is 13.9 Å². The normalized spacial score (nSPS) is 12.6. The van der Waals surface area contributed by atoms with Crippen LogP contribution in [0.3, 0.4) is 0 Å². The molecule has 0 aliphatic carbocycles. The molecule has 0 amide bonds. The number of halogens is 1. The molecular formula is C13H18FNO2. The molecule has 2 N–H and O–H groups in total. The van der Waals surface area contributed by atoms with E-state index in [9.17, 15) is 9.18 Å². The Morgan fingerprint density at radius 2 is 1.94 bits per heavy atom. The highest BCUT2D eigenvalue weighted by Gasteiger charge is 2.21. The van der Waals surface area contributed by atoms with E-state index in [1.807, 2.05) is 13.8 Å². The van der Waals surface area contributed by atoms with Gasteiger partial charge in [0.15, 0.2) is 17.3 Å². The Bertz CT molecular complexity index is 428. The summed E-state index contributed by atoms with van der Waals surface area (Å²) < 4.78 is 18.7. The lowest BCUT2D eigenvalue weighted by Crippen LogP contribution is -2.27. The number of methoxy groups -OCH3 is 1. The summed E-state index contributed by atoms with van der Waals surface area (Å²) >= 11 is 0. The van der Waals surface area contributed by atoms with Crippen LogP contribution in [-0.4, -0.2) is 18.9 Å². The quantitative estimate of drug-likeness (QED) is 0.821. The highest BCUT2D eigenvalue weighted by molar-refractivity contribution is 6.02. The molecule has 3 nitrogen and oxygen atoms in total. The van der Waals surface area contributed by atoms with Crippen LogP contribution in [0, 0.1) is 5.82 Å². The van der Waals surface area contributed by atoms with E-state index in [1.54, 1.807) is 13.0 Å². The zero-order chi connectivity index (χ0) is 13.2. The molecule has 1 unspecified atom stereocenters. The number of Topliss-reactive ketones (excluding diaryl/α,β-unsaturated/α-hetero) is 1. The van der Waals surface area contributed by atoms with Crippen molar-refractivity contribution >= 4 is 5.78 Å². The standard InChI is InChI=1S/C13H18FNO2/c1-7(2)9-5-10(12(16)8(3)15)13(17-4)11(14)6-9/h5-8H,15H2,1-4H3. The maximum Gasteiger partial charge on any atom is 0.183 e. The van der Waals surface area contributed by atoms with Gasteiger partial charge in [0.2, 0.25) is 0 Å². The van der Waals surface area contributed by atoms with Gasteiger partial charge in [-0.15, -0.1) is 0 Å². The van der Waals surface area contributed by atoms with E-state index < -0.39 is 11.9 Å². The van der Waals surface area contributed by atoms with E-state index in [4.69, 9.17) is 10.5 Å². The fourth-order valence-electron chi connectivity index (χ4n) is 1.58. The monoisotopic (exact) mass is 239 g/mol. The van der Waals surface area contributed by atoms with Gasteiger partial charge in [-0.3, -0.25) is 4.79 Å². The number of ether oxygens (including phenoxy) is 1. The molecule has 0 saturated heterocycles. The largest absolute Gasteiger partial charge is 0.493 e. The van der Waals surface area contributed by atoms with E-state index in [0.717, 1.165) is 5.56 Å². The smallest absolute Gasteiger partial charge is 0.183 e. The average molecular weight is 239 g/mol. The first-order chi connectivity index (χ1) is 7.88. The minimum absolute atomic E-state index is 0.0308. The molecular weight excluding hydrogens is 221 g/mol. The van der Waals surface area contributed by atoms with Crippen molar-refractivity contribution in [2.45, 2.75) is 32.7 Å². The summed E-state index contributed by atoms with van der Waals surface area (Å²) in [7, 11) is 1.34. The first-order valence-corrected chi connectivity index (χ1v) is 5.55. The number of benzene rings is 1. The van der Waals surface area contributed by atoms with Crippen molar-refractivity contribution in [3.8, 4) is 5.75 Å². The zero-order valence-electron chi connectivity index (χ0n) is 10.6. The molecule has 4 heteroatoms. The van der Waals surface area contributed by atoms with Crippen molar-refractivity contribution in [3.63, 3.8) is 0 Å². The SMILES string of the molecule is COc1c(F)cc(C(C)C)cc1C(=O)C(C)N. The number of ketones is 1. The van der Waals surface area contributed by atoms with Crippen molar-refractivity contribution in [1.82, 2.24) is 0 Å². The molecule has 0 saturated carbocycles. The Morgan fingerprint density at radius 1 is 1.35 bits per heavy atom. The van der Waals surface area contributed by atoms with E-state index in [0.29, 0.717) is 0 Å². The minimum atomic E-state index is -0.675. The molecule has 1 rings (SSSR count). The van der Waals surface area contributed by atoms with Gasteiger partial charge in [-0.1, -0.05) is 13.8 Å². The van der Waals surface area contributed by atoms with Crippen LogP contribution in [-0.2, 0) is 0 Å². The van der Waals surface area contributed by atoms with Gasteiger partial charge in [0.1, 0.15) is 0 Å². The van der Waals surface area contributed by atoms with E-state index >= 15 is 0 Å². The first kappa shape index (κ1) is 13.6. The third-order valence-corrected chi connectivity index (χ3v) is 2.62. The summed E-state index contributed by atoms with van der Waals surface area (Å²) in [6.07, 6.45) is 0. The number of rotatable bonds is 4. The van der Waals surface area contributed by atoms with Gasteiger partial charge in [0.25, 0.3) is 0 Å². The van der Waals surface area contributed by atoms with Gasteiger partial charge in [-0.2, -0.15) is 0 Å². The molecule has 1 aromatic rings. The van der Waals surface area contributed by atoms with Gasteiger partial charge in [0.05, 0.1) is 18.7 Å². The van der Waals surface area contributed by atoms with Crippen LogP contribution in [0.1, 0.15) is 42.6 Å². The maximum absolute atomic E-state index is 13.8. The summed E-state index contributed by atoms with van der Waals surface area (Å²) in [5.41, 5.74) is 6.51. The highest BCUT2D eigenvalue weighted by Crippen LogP contribution is 2.28. The summed E-state index contributed by atoms with van der Waals surface area (Å²) in [6, 6.07) is 2.37. The van der Waals surface area contributed by atoms with Crippen molar-refractivity contribution in [2.75, 3.05) is 7.11 Å². The minimum Gasteiger partial charge on any atom is -0.493 e. The third-order valence-electron chi connectivity index (χ3n) is 2.62. The number of hydrogen-bond acceptors (Lipinski definition) is 3. The molecule has 0 fully saturated rings. The summed E-state index contributed by atoms with van der Waals surface area (Å²) in [5, 5.41) is 0. The molecule has 0 radical (unpaired) electrons. The highest BCUT2D eigenvalue weighted by atomic mass is 19.1. The van der Waals surface area contributed by atoms with E-state index in [2.05, 4.69) is 0 Å². The Labute approximate surface area is 101 Å². The molecule has 0 heterocycles. The van der Waals surface area contributed by atoms with Gasteiger partial charge in [-0.25, -0.2) is 4.39 Å². The van der Waals surface area contributed by atoms with Gasteiger partial charge >= 0.3 is 0 Å². The third kappa shape index (κ3) is 2.82. The van der Waals surface area contributed by atoms with Crippen LogP contribution in [0.4, 0.5) is 4.39 Å². The molecule has 0 bridgehead atoms. The van der Waals surface area contributed by atoms with Crippen LogP contribution < -0.4 is 10.5 Å². The number of carbonyl (C=O) groups is 1. The Kier molecular flexibility index (Phi) is 4.23. The lowest BCUT2D eigenvalue weighted by Gasteiger charge is -2.14. The predicted molar refractivity (Wildman–Crippen MR) is 65.0 cm³/mol. The first-order valence-electron chi connectivity index (χ1n) is 5.55. The van der Waals surface area contributed by atoms with Crippen LogP contribution in [0.5, 0.6) is 5.75 Å². The van der Waals surface area contributed by atoms with Crippen molar-refractivity contribution in [2.24, 2.45) is 5.73 Å². The summed E-state index contributed by atoms with van der Waals surface area (Å²) in [5.74, 6) is -0.738. The van der Waals surface area contributed by atoms with Crippen LogP contribution >= 0.6 is 0 Å². The lowest BCUT2D eigenvalue weighted by atomic mass is 9.96. The Hall–Kier alpha value is -1.42. The molecule has 0 aliphatic heterocycles.